The molecule has 0 atom stereocenters. The molecule has 0 unspecified atom stereocenters. The quantitative estimate of drug-likeness (QED) is 0.546. The molecule has 5 nitrogen and oxygen atoms in total. The fourth-order valence-corrected chi connectivity index (χ4v) is 3.60. The largest absolute Gasteiger partial charge is 0.353 e. The summed E-state index contributed by atoms with van der Waals surface area (Å²) in [7, 11) is 0. The molecule has 0 amide bonds. The predicted molar refractivity (Wildman–Crippen MR) is 117 cm³/mol. The van der Waals surface area contributed by atoms with Crippen molar-refractivity contribution in [3.63, 3.8) is 0 Å². The summed E-state index contributed by atoms with van der Waals surface area (Å²) in [6, 6.07) is 7.70. The monoisotopic (exact) mass is 443 g/mol. The number of aromatic nitrogens is 2. The molecule has 0 radical (unpaired) electrons. The molecule has 1 aliphatic heterocycles. The number of thiocarbonyl (C=S) groups is 1. The van der Waals surface area contributed by atoms with Crippen LogP contribution in [0.25, 0.3) is 0 Å². The van der Waals surface area contributed by atoms with Gasteiger partial charge in [-0.15, -0.1) is 0 Å². The molecule has 27 heavy (non-hydrogen) atoms. The third-order valence-electron chi connectivity index (χ3n) is 4.30. The van der Waals surface area contributed by atoms with E-state index < -0.39 is 3.79 Å². The van der Waals surface area contributed by atoms with Crippen molar-refractivity contribution in [2.45, 2.75) is 17.6 Å². The van der Waals surface area contributed by atoms with Gasteiger partial charge >= 0.3 is 0 Å². The number of rotatable bonds is 2. The zero-order valence-electron chi connectivity index (χ0n) is 15.0. The lowest BCUT2D eigenvalue weighted by atomic mass is 10.2. The fraction of sp³-hybridized carbons (Fsp3) is 0.389. The van der Waals surface area contributed by atoms with Crippen LogP contribution in [0.5, 0.6) is 0 Å². The molecule has 2 aromatic heterocycles. The lowest BCUT2D eigenvalue weighted by Crippen LogP contribution is -2.50. The van der Waals surface area contributed by atoms with Crippen molar-refractivity contribution in [1.29, 1.82) is 0 Å². The number of hydrogen-bond donors (Lipinski definition) is 1. The second kappa shape index (κ2) is 8.35. The van der Waals surface area contributed by atoms with Crippen LogP contribution in [0.1, 0.15) is 16.8 Å². The normalized spacial score (nSPS) is 15.0. The topological polar surface area (TPSA) is 44.3 Å². The molecule has 2 aromatic rings. The van der Waals surface area contributed by atoms with E-state index in [1.807, 2.05) is 32.0 Å². The maximum absolute atomic E-state index is 5.88. The van der Waals surface area contributed by atoms with Gasteiger partial charge in [-0.25, -0.2) is 9.97 Å². The van der Waals surface area contributed by atoms with Crippen LogP contribution in [-0.4, -0.2) is 46.2 Å². The Balaban J connectivity index is 1.57. The van der Waals surface area contributed by atoms with Gasteiger partial charge in [0.15, 0.2) is 5.11 Å². The summed E-state index contributed by atoms with van der Waals surface area (Å²) in [5.74, 6) is 1.64. The highest BCUT2D eigenvalue weighted by Gasteiger charge is 2.24. The average Bonchev–Trinajstić information content (AvgIpc) is 2.60. The SMILES string of the molecule is Cc1cc(C)nc(NC(=S)N2CCN(c3ccc(C(Cl)(Cl)Cl)cn3)CC2)c1. The summed E-state index contributed by atoms with van der Waals surface area (Å²) in [4.78, 5) is 13.2. The summed E-state index contributed by atoms with van der Waals surface area (Å²) >= 11 is 23.2. The molecular weight excluding hydrogens is 425 g/mol. The van der Waals surface area contributed by atoms with Crippen LogP contribution in [-0.2, 0) is 3.79 Å². The maximum atomic E-state index is 5.88. The maximum Gasteiger partial charge on any atom is 0.217 e. The number of piperazine rings is 1. The van der Waals surface area contributed by atoms with E-state index in [0.29, 0.717) is 10.7 Å². The minimum atomic E-state index is -1.45. The van der Waals surface area contributed by atoms with Crippen molar-refractivity contribution in [3.8, 4) is 0 Å². The summed E-state index contributed by atoms with van der Waals surface area (Å²) in [5, 5.41) is 3.93. The number of pyridine rings is 2. The first-order valence-electron chi connectivity index (χ1n) is 8.52. The van der Waals surface area contributed by atoms with E-state index in [-0.39, 0.29) is 0 Å². The number of halogens is 3. The highest BCUT2D eigenvalue weighted by Crippen LogP contribution is 2.38. The summed E-state index contributed by atoms with van der Waals surface area (Å²) in [6.45, 7) is 7.23. The van der Waals surface area contributed by atoms with Gasteiger partial charge in [-0.1, -0.05) is 34.8 Å². The van der Waals surface area contributed by atoms with Gasteiger partial charge in [0.05, 0.1) is 0 Å². The van der Waals surface area contributed by atoms with Crippen LogP contribution < -0.4 is 10.2 Å². The van der Waals surface area contributed by atoms with Crippen molar-refractivity contribution < 1.29 is 0 Å². The number of nitrogens with one attached hydrogen (secondary N) is 1. The molecule has 144 valence electrons. The Kier molecular flexibility index (Phi) is 6.31. The smallest absolute Gasteiger partial charge is 0.217 e. The van der Waals surface area contributed by atoms with Gasteiger partial charge in [0.1, 0.15) is 11.6 Å². The lowest BCUT2D eigenvalue weighted by molar-refractivity contribution is 0.389. The third kappa shape index (κ3) is 5.35. The van der Waals surface area contributed by atoms with Crippen molar-refractivity contribution in [2.24, 2.45) is 0 Å². The zero-order chi connectivity index (χ0) is 19.6. The molecule has 0 saturated carbocycles. The van der Waals surface area contributed by atoms with Crippen LogP contribution >= 0.6 is 47.0 Å². The Morgan fingerprint density at radius 1 is 1.11 bits per heavy atom. The Morgan fingerprint density at radius 3 is 2.37 bits per heavy atom. The molecule has 1 N–H and O–H groups in total. The van der Waals surface area contributed by atoms with Gasteiger partial charge in [0.2, 0.25) is 3.79 Å². The Morgan fingerprint density at radius 2 is 1.81 bits per heavy atom. The second-order valence-electron chi connectivity index (χ2n) is 6.48. The zero-order valence-corrected chi connectivity index (χ0v) is 18.1. The molecule has 0 bridgehead atoms. The molecular formula is C18H20Cl3N5S. The average molecular weight is 445 g/mol. The number of aryl methyl sites for hydroxylation is 2. The minimum absolute atomic E-state index is 0.557. The first kappa shape index (κ1) is 20.4. The van der Waals surface area contributed by atoms with Gasteiger partial charge < -0.3 is 15.1 Å². The van der Waals surface area contributed by atoms with Gasteiger partial charge in [-0.05, 0) is 55.9 Å². The van der Waals surface area contributed by atoms with E-state index in [1.54, 1.807) is 12.3 Å². The third-order valence-corrected chi connectivity index (χ3v) is 5.31. The van der Waals surface area contributed by atoms with E-state index in [2.05, 4.69) is 25.1 Å². The van der Waals surface area contributed by atoms with E-state index >= 15 is 0 Å². The Bertz CT molecular complexity index is 794. The van der Waals surface area contributed by atoms with E-state index in [4.69, 9.17) is 47.0 Å². The highest BCUT2D eigenvalue weighted by molar-refractivity contribution is 7.80. The van der Waals surface area contributed by atoms with Crippen molar-refractivity contribution in [2.75, 3.05) is 36.4 Å². The number of anilines is 2. The van der Waals surface area contributed by atoms with Gasteiger partial charge in [-0.3, -0.25) is 0 Å². The Hall–Kier alpha value is -1.34. The molecule has 3 rings (SSSR count). The first-order valence-corrected chi connectivity index (χ1v) is 10.1. The van der Waals surface area contributed by atoms with Crippen molar-refractivity contribution in [1.82, 2.24) is 14.9 Å². The molecule has 0 aliphatic carbocycles. The van der Waals surface area contributed by atoms with Crippen LogP contribution in [0.4, 0.5) is 11.6 Å². The molecule has 0 aromatic carbocycles. The number of nitrogens with zero attached hydrogens (tertiary/aromatic N) is 4. The van der Waals surface area contributed by atoms with Crippen LogP contribution in [0.15, 0.2) is 30.5 Å². The summed E-state index contributed by atoms with van der Waals surface area (Å²) in [6.07, 6.45) is 1.60. The van der Waals surface area contributed by atoms with E-state index in [1.165, 1.54) is 0 Å². The van der Waals surface area contributed by atoms with Crippen molar-refractivity contribution in [3.05, 3.63) is 47.3 Å². The van der Waals surface area contributed by atoms with E-state index in [9.17, 15) is 0 Å². The lowest BCUT2D eigenvalue weighted by Gasteiger charge is -2.36. The molecule has 1 fully saturated rings. The van der Waals surface area contributed by atoms with Crippen molar-refractivity contribution >= 4 is 63.8 Å². The van der Waals surface area contributed by atoms with E-state index in [0.717, 1.165) is 49.1 Å². The molecule has 0 spiro atoms. The predicted octanol–water partition coefficient (Wildman–Crippen LogP) is 4.44. The summed E-state index contributed by atoms with van der Waals surface area (Å²) in [5.41, 5.74) is 2.68. The number of alkyl halides is 3. The molecule has 1 saturated heterocycles. The van der Waals surface area contributed by atoms with Crippen LogP contribution in [0.3, 0.4) is 0 Å². The number of hydrogen-bond acceptors (Lipinski definition) is 4. The first-order chi connectivity index (χ1) is 12.7. The van der Waals surface area contributed by atoms with Gasteiger partial charge in [-0.2, -0.15) is 0 Å². The van der Waals surface area contributed by atoms with Crippen LogP contribution in [0, 0.1) is 13.8 Å². The van der Waals surface area contributed by atoms with Gasteiger partial charge in [0.25, 0.3) is 0 Å². The molecule has 1 aliphatic rings. The van der Waals surface area contributed by atoms with Gasteiger partial charge in [0, 0.05) is 43.6 Å². The fourth-order valence-electron chi connectivity index (χ4n) is 2.97. The second-order valence-corrected chi connectivity index (χ2v) is 9.15. The Labute approximate surface area is 179 Å². The molecule has 3 heterocycles. The van der Waals surface area contributed by atoms with Crippen LogP contribution in [0.2, 0.25) is 0 Å². The minimum Gasteiger partial charge on any atom is -0.353 e. The summed E-state index contributed by atoms with van der Waals surface area (Å²) < 4.78 is -1.45. The highest BCUT2D eigenvalue weighted by atomic mass is 35.6. The standard InChI is InChI=1S/C18H20Cl3N5S/c1-12-9-13(2)23-15(10-12)24-17(27)26-7-5-25(6-8-26)16-4-3-14(11-22-16)18(19,20)21/h3-4,9-11H,5-8H2,1-2H3,(H,23,24,27). The molecule has 9 heteroatoms.